The molecule has 2 N–H and O–H groups in total. The van der Waals surface area contributed by atoms with Gasteiger partial charge >= 0.3 is 0 Å². The van der Waals surface area contributed by atoms with Gasteiger partial charge in [0, 0.05) is 22.2 Å². The van der Waals surface area contributed by atoms with E-state index in [1.165, 1.54) is 17.3 Å². The van der Waals surface area contributed by atoms with Gasteiger partial charge in [-0.3, -0.25) is 9.79 Å². The number of aliphatic imine (C=N–C) groups is 1. The van der Waals surface area contributed by atoms with Gasteiger partial charge in [-0.15, -0.1) is 0 Å². The summed E-state index contributed by atoms with van der Waals surface area (Å²) in [7, 11) is -2.97. The Balaban J connectivity index is 1.49. The standard InChI is InChI=1S/C21H23N3O3S2/c1-12-5-7-16(8-14(12)3)22-20(25)15-6-4-13(2)17(9-15)23-21-24-18-10-29(26,27)11-19(18)28-21/h4-9,18-19H,10-11H2,1-3H3,(H,22,25)(H,23,24)/t18-,19-/m0/s1. The Morgan fingerprint density at radius 3 is 2.52 bits per heavy atom. The van der Waals surface area contributed by atoms with Crippen LogP contribution in [-0.2, 0) is 9.84 Å². The van der Waals surface area contributed by atoms with E-state index in [4.69, 9.17) is 0 Å². The lowest BCUT2D eigenvalue weighted by Gasteiger charge is -2.12. The Morgan fingerprint density at radius 2 is 1.79 bits per heavy atom. The Kier molecular flexibility index (Phi) is 5.16. The number of carbonyl (C=O) groups excluding carboxylic acids is 1. The van der Waals surface area contributed by atoms with Gasteiger partial charge in [-0.05, 0) is 61.7 Å². The fourth-order valence-electron chi connectivity index (χ4n) is 3.45. The maximum Gasteiger partial charge on any atom is 0.255 e. The summed E-state index contributed by atoms with van der Waals surface area (Å²) < 4.78 is 23.5. The number of aryl methyl sites for hydroxylation is 3. The Hall–Kier alpha value is -2.32. The van der Waals surface area contributed by atoms with E-state index in [0.717, 1.165) is 22.5 Å². The second kappa shape index (κ2) is 7.50. The first kappa shape index (κ1) is 20.0. The molecular weight excluding hydrogens is 406 g/mol. The number of hydrogen-bond donors (Lipinski definition) is 2. The fraction of sp³-hybridized carbons (Fsp3) is 0.333. The molecule has 1 saturated heterocycles. The van der Waals surface area contributed by atoms with Crippen molar-refractivity contribution in [1.82, 2.24) is 0 Å². The highest BCUT2D eigenvalue weighted by Gasteiger charge is 2.42. The predicted octanol–water partition coefficient (Wildman–Crippen LogP) is 3.54. The van der Waals surface area contributed by atoms with Gasteiger partial charge < -0.3 is 10.6 Å². The second-order valence-corrected chi connectivity index (χ2v) is 11.0. The van der Waals surface area contributed by atoms with Gasteiger partial charge in [0.25, 0.3) is 5.91 Å². The summed E-state index contributed by atoms with van der Waals surface area (Å²) in [6, 6.07) is 11.1. The molecule has 2 atom stereocenters. The van der Waals surface area contributed by atoms with Gasteiger partial charge in [0.15, 0.2) is 15.0 Å². The molecule has 8 heteroatoms. The van der Waals surface area contributed by atoms with E-state index in [2.05, 4.69) is 15.6 Å². The van der Waals surface area contributed by atoms with E-state index in [-0.39, 0.29) is 28.7 Å². The fourth-order valence-corrected chi connectivity index (χ4v) is 7.12. The topological polar surface area (TPSA) is 87.6 Å². The van der Waals surface area contributed by atoms with Crippen LogP contribution in [0.2, 0.25) is 0 Å². The molecule has 4 rings (SSSR count). The molecule has 2 aromatic rings. The molecule has 0 bridgehead atoms. The zero-order valence-electron chi connectivity index (χ0n) is 16.5. The zero-order valence-corrected chi connectivity index (χ0v) is 18.2. The largest absolute Gasteiger partial charge is 0.335 e. The number of thioether (sulfide) groups is 1. The summed E-state index contributed by atoms with van der Waals surface area (Å²) in [6.07, 6.45) is 0. The normalized spacial score (nSPS) is 22.1. The number of anilines is 2. The molecule has 2 heterocycles. The molecule has 29 heavy (non-hydrogen) atoms. The molecule has 0 saturated carbocycles. The number of amidine groups is 1. The number of carbonyl (C=O) groups is 1. The number of nitrogens with one attached hydrogen (secondary N) is 2. The molecule has 6 nitrogen and oxygen atoms in total. The van der Waals surface area contributed by atoms with Crippen molar-refractivity contribution < 1.29 is 13.2 Å². The van der Waals surface area contributed by atoms with Crippen LogP contribution in [0, 0.1) is 20.8 Å². The van der Waals surface area contributed by atoms with Crippen molar-refractivity contribution in [1.29, 1.82) is 0 Å². The summed E-state index contributed by atoms with van der Waals surface area (Å²) in [5, 5.41) is 6.92. The Morgan fingerprint density at radius 1 is 1.03 bits per heavy atom. The van der Waals surface area contributed by atoms with Crippen LogP contribution in [0.4, 0.5) is 11.4 Å². The average Bonchev–Trinajstić information content (AvgIpc) is 3.12. The predicted molar refractivity (Wildman–Crippen MR) is 120 cm³/mol. The molecule has 2 aliphatic rings. The van der Waals surface area contributed by atoms with Crippen LogP contribution in [0.5, 0.6) is 0 Å². The lowest BCUT2D eigenvalue weighted by atomic mass is 10.1. The van der Waals surface area contributed by atoms with Crippen molar-refractivity contribution in [3.8, 4) is 0 Å². The van der Waals surface area contributed by atoms with Gasteiger partial charge in [0.05, 0.1) is 17.5 Å². The van der Waals surface area contributed by atoms with Crippen molar-refractivity contribution in [3.63, 3.8) is 0 Å². The Labute approximate surface area is 175 Å². The smallest absolute Gasteiger partial charge is 0.255 e. The summed E-state index contributed by atoms with van der Waals surface area (Å²) in [5.41, 5.74) is 5.39. The van der Waals surface area contributed by atoms with Crippen LogP contribution in [0.15, 0.2) is 41.4 Å². The summed E-state index contributed by atoms with van der Waals surface area (Å²) in [5.74, 6) is 0.113. The highest BCUT2D eigenvalue weighted by atomic mass is 32.2. The number of benzene rings is 2. The summed E-state index contributed by atoms with van der Waals surface area (Å²) >= 11 is 1.47. The van der Waals surface area contributed by atoms with E-state index < -0.39 is 9.84 Å². The molecule has 0 unspecified atom stereocenters. The molecule has 0 aromatic heterocycles. The van der Waals surface area contributed by atoms with Crippen molar-refractivity contribution >= 4 is 44.0 Å². The van der Waals surface area contributed by atoms with Crippen LogP contribution in [0.3, 0.4) is 0 Å². The third-order valence-corrected chi connectivity index (χ3v) is 8.47. The van der Waals surface area contributed by atoms with Crippen LogP contribution >= 0.6 is 11.8 Å². The first-order valence-corrected chi connectivity index (χ1v) is 12.1. The third-order valence-electron chi connectivity index (χ3n) is 5.32. The average molecular weight is 430 g/mol. The van der Waals surface area contributed by atoms with E-state index in [1.54, 1.807) is 12.1 Å². The number of nitrogens with zero attached hydrogens (tertiary/aromatic N) is 1. The second-order valence-electron chi connectivity index (χ2n) is 7.64. The maximum atomic E-state index is 12.7. The molecule has 2 aliphatic heterocycles. The van der Waals surface area contributed by atoms with Crippen LogP contribution in [0.1, 0.15) is 27.0 Å². The number of rotatable bonds is 3. The molecule has 1 fully saturated rings. The van der Waals surface area contributed by atoms with Crippen molar-refractivity contribution in [3.05, 3.63) is 58.7 Å². The maximum absolute atomic E-state index is 12.7. The lowest BCUT2D eigenvalue weighted by molar-refractivity contribution is 0.102. The van der Waals surface area contributed by atoms with E-state index in [0.29, 0.717) is 10.7 Å². The zero-order chi connectivity index (χ0) is 20.8. The number of fused-ring (bicyclic) bond motifs is 1. The third kappa shape index (κ3) is 4.33. The summed E-state index contributed by atoms with van der Waals surface area (Å²) in [6.45, 7) is 6.00. The van der Waals surface area contributed by atoms with E-state index >= 15 is 0 Å². The van der Waals surface area contributed by atoms with Crippen molar-refractivity contribution in [2.45, 2.75) is 32.1 Å². The minimum atomic E-state index is -2.97. The number of hydrogen-bond acceptors (Lipinski definition) is 6. The van der Waals surface area contributed by atoms with Gasteiger partial charge in [0.1, 0.15) is 0 Å². The number of sulfone groups is 1. The quantitative estimate of drug-likeness (QED) is 0.779. The Bertz CT molecular complexity index is 1130. The highest BCUT2D eigenvalue weighted by Crippen LogP contribution is 2.35. The van der Waals surface area contributed by atoms with Crippen molar-refractivity contribution in [2.75, 3.05) is 22.1 Å². The van der Waals surface area contributed by atoms with E-state index in [9.17, 15) is 13.2 Å². The van der Waals surface area contributed by atoms with Crippen LogP contribution in [0.25, 0.3) is 0 Å². The molecule has 1 amide bonds. The minimum Gasteiger partial charge on any atom is -0.335 e. The molecule has 2 aromatic carbocycles. The SMILES string of the molecule is Cc1ccc(NC(=O)c2ccc(C)c(NC3=N[C@H]4CS(=O)(=O)C[C@@H]4S3)c2)cc1C. The lowest BCUT2D eigenvalue weighted by Crippen LogP contribution is -2.14. The van der Waals surface area contributed by atoms with Crippen LogP contribution in [-0.4, -0.2) is 42.3 Å². The monoisotopic (exact) mass is 429 g/mol. The first-order chi connectivity index (χ1) is 13.7. The molecular formula is C21H23N3O3S2. The highest BCUT2D eigenvalue weighted by molar-refractivity contribution is 8.15. The van der Waals surface area contributed by atoms with Gasteiger partial charge in [-0.2, -0.15) is 0 Å². The number of amides is 1. The van der Waals surface area contributed by atoms with Gasteiger partial charge in [-0.1, -0.05) is 23.9 Å². The molecule has 152 valence electrons. The van der Waals surface area contributed by atoms with Crippen LogP contribution < -0.4 is 10.6 Å². The van der Waals surface area contributed by atoms with Gasteiger partial charge in [0.2, 0.25) is 0 Å². The minimum absolute atomic E-state index is 0.0148. The molecule has 0 radical (unpaired) electrons. The molecule has 0 spiro atoms. The first-order valence-electron chi connectivity index (χ1n) is 9.41. The van der Waals surface area contributed by atoms with Crippen molar-refractivity contribution in [2.24, 2.45) is 4.99 Å². The summed E-state index contributed by atoms with van der Waals surface area (Å²) in [4.78, 5) is 17.2. The van der Waals surface area contributed by atoms with E-state index in [1.807, 2.05) is 45.0 Å². The van der Waals surface area contributed by atoms with Gasteiger partial charge in [-0.25, -0.2) is 8.42 Å². The molecule has 0 aliphatic carbocycles.